The van der Waals surface area contributed by atoms with Crippen LogP contribution >= 0.6 is 0 Å². The van der Waals surface area contributed by atoms with Crippen LogP contribution in [0.2, 0.25) is 0 Å². The summed E-state index contributed by atoms with van der Waals surface area (Å²) in [7, 11) is 0. The van der Waals surface area contributed by atoms with Gasteiger partial charge < -0.3 is 5.11 Å². The summed E-state index contributed by atoms with van der Waals surface area (Å²) in [5.74, 6) is -0.938. The number of aryl methyl sites for hydroxylation is 1. The first kappa shape index (κ1) is 11.1. The van der Waals surface area contributed by atoms with Crippen LogP contribution in [0.3, 0.4) is 0 Å². The maximum atomic E-state index is 12.7. The Hall–Kier alpha value is -1.38. The highest BCUT2D eigenvalue weighted by Crippen LogP contribution is 2.52. The zero-order chi connectivity index (χ0) is 11.6. The molecule has 0 unspecified atom stereocenters. The van der Waals surface area contributed by atoms with E-state index in [1.165, 1.54) is 12.1 Å². The van der Waals surface area contributed by atoms with E-state index in [1.54, 1.807) is 12.1 Å². The van der Waals surface area contributed by atoms with Crippen molar-refractivity contribution in [2.24, 2.45) is 5.41 Å². The summed E-state index contributed by atoms with van der Waals surface area (Å²) in [5, 5.41) is 8.77. The summed E-state index contributed by atoms with van der Waals surface area (Å²) in [6.07, 6.45) is 4.04. The van der Waals surface area contributed by atoms with Crippen LogP contribution in [0.1, 0.15) is 31.2 Å². The lowest BCUT2D eigenvalue weighted by Crippen LogP contribution is -2.09. The van der Waals surface area contributed by atoms with Crippen molar-refractivity contribution < 1.29 is 14.3 Å². The van der Waals surface area contributed by atoms with E-state index >= 15 is 0 Å². The summed E-state index contributed by atoms with van der Waals surface area (Å²) in [6.45, 7) is 0. The lowest BCUT2D eigenvalue weighted by Gasteiger charge is -2.11. The number of carboxylic acids is 1. The first-order chi connectivity index (χ1) is 7.60. The highest BCUT2D eigenvalue weighted by Gasteiger charge is 2.43. The minimum Gasteiger partial charge on any atom is -0.481 e. The van der Waals surface area contributed by atoms with Gasteiger partial charge in [-0.1, -0.05) is 12.1 Å². The zero-order valence-corrected chi connectivity index (χ0v) is 9.08. The Morgan fingerprint density at radius 1 is 1.31 bits per heavy atom. The molecule has 1 aliphatic rings. The lowest BCUT2D eigenvalue weighted by atomic mass is 9.93. The molecule has 0 bridgehead atoms. The number of halogens is 1. The monoisotopic (exact) mass is 222 g/mol. The Labute approximate surface area is 94.1 Å². The van der Waals surface area contributed by atoms with E-state index in [0.717, 1.165) is 31.2 Å². The Balaban J connectivity index is 1.87. The summed E-state index contributed by atoms with van der Waals surface area (Å²) >= 11 is 0. The van der Waals surface area contributed by atoms with Crippen LogP contribution in [0.15, 0.2) is 24.3 Å². The Morgan fingerprint density at radius 2 is 1.94 bits per heavy atom. The molecule has 1 saturated carbocycles. The second-order valence-corrected chi connectivity index (χ2v) is 4.70. The molecule has 0 aliphatic heterocycles. The van der Waals surface area contributed by atoms with Gasteiger partial charge in [0, 0.05) is 0 Å². The number of rotatable bonds is 5. The lowest BCUT2D eigenvalue weighted by molar-refractivity contribution is -0.138. The molecule has 0 aromatic heterocycles. The molecule has 1 N–H and O–H groups in total. The van der Waals surface area contributed by atoms with E-state index in [1.807, 2.05) is 0 Å². The van der Waals surface area contributed by atoms with Crippen molar-refractivity contribution in [3.63, 3.8) is 0 Å². The van der Waals surface area contributed by atoms with Gasteiger partial charge in [-0.3, -0.25) is 4.79 Å². The van der Waals surface area contributed by atoms with E-state index < -0.39 is 5.97 Å². The summed E-state index contributed by atoms with van der Waals surface area (Å²) < 4.78 is 12.7. The number of hydrogen-bond acceptors (Lipinski definition) is 1. The molecule has 1 aromatic carbocycles. The van der Waals surface area contributed by atoms with Gasteiger partial charge in [-0.25, -0.2) is 4.39 Å². The number of carboxylic acid groups (broad SMARTS) is 1. The van der Waals surface area contributed by atoms with E-state index in [-0.39, 0.29) is 17.7 Å². The van der Waals surface area contributed by atoms with Crippen molar-refractivity contribution >= 4 is 5.97 Å². The van der Waals surface area contributed by atoms with Gasteiger partial charge in [0.1, 0.15) is 5.82 Å². The van der Waals surface area contributed by atoms with Gasteiger partial charge >= 0.3 is 5.97 Å². The molecule has 2 rings (SSSR count). The SMILES string of the molecule is O=C(O)CC1(CCc2ccc(F)cc2)CC1. The van der Waals surface area contributed by atoms with Crippen molar-refractivity contribution in [2.75, 3.05) is 0 Å². The maximum absolute atomic E-state index is 12.7. The van der Waals surface area contributed by atoms with Crippen molar-refractivity contribution in [3.8, 4) is 0 Å². The molecule has 1 aromatic rings. The smallest absolute Gasteiger partial charge is 0.303 e. The molecule has 86 valence electrons. The summed E-state index contributed by atoms with van der Waals surface area (Å²) in [4.78, 5) is 10.7. The van der Waals surface area contributed by atoms with Crippen molar-refractivity contribution in [3.05, 3.63) is 35.6 Å². The van der Waals surface area contributed by atoms with Crippen LogP contribution in [0.4, 0.5) is 4.39 Å². The fourth-order valence-electron chi connectivity index (χ4n) is 2.07. The molecule has 0 saturated heterocycles. The second kappa shape index (κ2) is 4.24. The normalized spacial score (nSPS) is 17.1. The fourth-order valence-corrected chi connectivity index (χ4v) is 2.07. The minimum absolute atomic E-state index is 0.0280. The van der Waals surface area contributed by atoms with Gasteiger partial charge in [0.25, 0.3) is 0 Å². The third-order valence-electron chi connectivity index (χ3n) is 3.34. The largest absolute Gasteiger partial charge is 0.481 e. The summed E-state index contributed by atoms with van der Waals surface area (Å²) in [6, 6.07) is 6.44. The molecule has 0 heterocycles. The standard InChI is InChI=1S/C13H15FO2/c14-11-3-1-10(2-4-11)5-6-13(7-8-13)9-12(15)16/h1-4H,5-9H2,(H,15,16). The minimum atomic E-state index is -0.711. The number of carbonyl (C=O) groups is 1. The highest BCUT2D eigenvalue weighted by atomic mass is 19.1. The highest BCUT2D eigenvalue weighted by molar-refractivity contribution is 5.68. The molecule has 0 radical (unpaired) electrons. The molecular formula is C13H15FO2. The van der Waals surface area contributed by atoms with Gasteiger partial charge in [0.2, 0.25) is 0 Å². The van der Waals surface area contributed by atoms with E-state index in [9.17, 15) is 9.18 Å². The van der Waals surface area contributed by atoms with Crippen molar-refractivity contribution in [2.45, 2.75) is 32.1 Å². The molecule has 2 nitrogen and oxygen atoms in total. The van der Waals surface area contributed by atoms with Crippen molar-refractivity contribution in [1.29, 1.82) is 0 Å². The van der Waals surface area contributed by atoms with E-state index in [4.69, 9.17) is 5.11 Å². The van der Waals surface area contributed by atoms with Gasteiger partial charge in [-0.2, -0.15) is 0 Å². The van der Waals surface area contributed by atoms with Gasteiger partial charge in [-0.15, -0.1) is 0 Å². The number of benzene rings is 1. The molecule has 16 heavy (non-hydrogen) atoms. The number of hydrogen-bond donors (Lipinski definition) is 1. The van der Waals surface area contributed by atoms with Crippen LogP contribution in [0.25, 0.3) is 0 Å². The van der Waals surface area contributed by atoms with E-state index in [2.05, 4.69) is 0 Å². The molecule has 3 heteroatoms. The third-order valence-corrected chi connectivity index (χ3v) is 3.34. The summed E-state index contributed by atoms with van der Waals surface area (Å²) in [5.41, 5.74) is 1.11. The van der Waals surface area contributed by atoms with Crippen LogP contribution in [-0.4, -0.2) is 11.1 Å². The van der Waals surface area contributed by atoms with Crippen molar-refractivity contribution in [1.82, 2.24) is 0 Å². The number of aliphatic carboxylic acids is 1. The molecular weight excluding hydrogens is 207 g/mol. The molecule has 0 amide bonds. The molecule has 1 aliphatic carbocycles. The Kier molecular flexibility index (Phi) is 2.95. The van der Waals surface area contributed by atoms with Gasteiger partial charge in [0.05, 0.1) is 6.42 Å². The Morgan fingerprint density at radius 3 is 2.44 bits per heavy atom. The first-order valence-electron chi connectivity index (χ1n) is 5.56. The quantitative estimate of drug-likeness (QED) is 0.831. The van der Waals surface area contributed by atoms with Gasteiger partial charge in [0.15, 0.2) is 0 Å². The van der Waals surface area contributed by atoms with Gasteiger partial charge in [-0.05, 0) is 48.8 Å². The predicted octanol–water partition coefficient (Wildman–Crippen LogP) is 3.01. The predicted molar refractivity (Wildman–Crippen MR) is 58.6 cm³/mol. The maximum Gasteiger partial charge on any atom is 0.303 e. The zero-order valence-electron chi connectivity index (χ0n) is 9.08. The van der Waals surface area contributed by atoms with Crippen LogP contribution in [0.5, 0.6) is 0 Å². The van der Waals surface area contributed by atoms with Crippen LogP contribution in [-0.2, 0) is 11.2 Å². The Bertz CT molecular complexity index is 379. The second-order valence-electron chi connectivity index (χ2n) is 4.70. The van der Waals surface area contributed by atoms with Crippen LogP contribution in [0, 0.1) is 11.2 Å². The average molecular weight is 222 g/mol. The fraction of sp³-hybridized carbons (Fsp3) is 0.462. The first-order valence-corrected chi connectivity index (χ1v) is 5.56. The molecule has 1 fully saturated rings. The topological polar surface area (TPSA) is 37.3 Å². The third kappa shape index (κ3) is 2.81. The molecule has 0 atom stereocenters. The van der Waals surface area contributed by atoms with E-state index in [0.29, 0.717) is 0 Å². The molecule has 0 spiro atoms. The van der Waals surface area contributed by atoms with Crippen LogP contribution < -0.4 is 0 Å². The average Bonchev–Trinajstić information content (AvgIpc) is 2.97.